The molecule has 3 rings (SSSR count). The van der Waals surface area contributed by atoms with Gasteiger partial charge in [-0.15, -0.1) is 0 Å². The van der Waals surface area contributed by atoms with Crippen molar-refractivity contribution in [3.8, 4) is 11.5 Å². The minimum Gasteiger partial charge on any atom is -0.497 e. The van der Waals surface area contributed by atoms with Gasteiger partial charge in [0.15, 0.2) is 0 Å². The molecule has 2 aromatic carbocycles. The van der Waals surface area contributed by atoms with Crippen LogP contribution in [0.25, 0.3) is 0 Å². The summed E-state index contributed by atoms with van der Waals surface area (Å²) in [6, 6.07) is 14.8. The van der Waals surface area contributed by atoms with Gasteiger partial charge in [0, 0.05) is 6.42 Å². The molecule has 1 fully saturated rings. The van der Waals surface area contributed by atoms with E-state index in [1.54, 1.807) is 26.2 Å². The Morgan fingerprint density at radius 2 is 1.69 bits per heavy atom. The lowest BCUT2D eigenvalue weighted by Gasteiger charge is -2.40. The van der Waals surface area contributed by atoms with Crippen molar-refractivity contribution in [3.05, 3.63) is 59.7 Å². The molecule has 174 valence electrons. The van der Waals surface area contributed by atoms with E-state index in [1.165, 1.54) is 0 Å². The van der Waals surface area contributed by atoms with Gasteiger partial charge in [0.25, 0.3) is 0 Å². The van der Waals surface area contributed by atoms with Crippen LogP contribution in [-0.4, -0.2) is 72.5 Å². The number of hydrogen-bond acceptors (Lipinski definition) is 9. The zero-order valence-electron chi connectivity index (χ0n) is 17.9. The normalized spacial score (nSPS) is 25.1. The number of aliphatic hydroxyl groups excluding tert-OH is 3. The fourth-order valence-corrected chi connectivity index (χ4v) is 3.31. The topological polar surface area (TPSA) is 124 Å². The molecule has 2 aromatic rings. The summed E-state index contributed by atoms with van der Waals surface area (Å²) in [7, 11) is 1.60. The number of benzene rings is 2. The van der Waals surface area contributed by atoms with E-state index in [-0.39, 0.29) is 13.2 Å². The standard InChI is InChI=1S/C23H28O9/c1-3-29-23(27)30-13-18-19(24)20(25)21(26)22(32-18)31-17-7-5-4-6-15(17)12-14-8-10-16(28-2)11-9-14/h4-11,18-22,24-26H,3,12-13H2,1-2H3/t18-,19-,20?,21-,22-/m1/s1. The first kappa shape index (κ1) is 23.8. The summed E-state index contributed by atoms with van der Waals surface area (Å²) in [6.07, 6.45) is -7.34. The van der Waals surface area contributed by atoms with Gasteiger partial charge in [-0.3, -0.25) is 0 Å². The van der Waals surface area contributed by atoms with Gasteiger partial charge in [-0.05, 0) is 36.2 Å². The summed E-state index contributed by atoms with van der Waals surface area (Å²) < 4.78 is 26.2. The molecule has 1 aliphatic heterocycles. The molecule has 1 aliphatic rings. The van der Waals surface area contributed by atoms with Crippen LogP contribution in [0.1, 0.15) is 18.1 Å². The summed E-state index contributed by atoms with van der Waals surface area (Å²) in [6.45, 7) is 1.38. The SMILES string of the molecule is CCOC(=O)OC[C@H]1O[C@@H](Oc2ccccc2Cc2ccc(OC)cc2)[C@H](O)C(O)[C@@H]1O. The minimum atomic E-state index is -1.56. The molecule has 0 radical (unpaired) electrons. The number of rotatable bonds is 8. The molecule has 1 unspecified atom stereocenters. The highest BCUT2D eigenvalue weighted by Crippen LogP contribution is 2.28. The van der Waals surface area contributed by atoms with Crippen LogP contribution in [0.3, 0.4) is 0 Å². The van der Waals surface area contributed by atoms with E-state index in [1.807, 2.05) is 36.4 Å². The maximum Gasteiger partial charge on any atom is 0.508 e. The van der Waals surface area contributed by atoms with Crippen molar-refractivity contribution >= 4 is 6.16 Å². The van der Waals surface area contributed by atoms with Gasteiger partial charge in [0.2, 0.25) is 6.29 Å². The van der Waals surface area contributed by atoms with Gasteiger partial charge >= 0.3 is 6.16 Å². The lowest BCUT2D eigenvalue weighted by molar-refractivity contribution is -0.278. The van der Waals surface area contributed by atoms with Crippen LogP contribution in [0.5, 0.6) is 11.5 Å². The maximum atomic E-state index is 11.4. The largest absolute Gasteiger partial charge is 0.508 e. The Bertz CT molecular complexity index is 870. The number of hydrogen-bond donors (Lipinski definition) is 3. The molecular formula is C23H28O9. The van der Waals surface area contributed by atoms with E-state index in [0.717, 1.165) is 16.9 Å². The highest BCUT2D eigenvalue weighted by molar-refractivity contribution is 5.59. The van der Waals surface area contributed by atoms with Crippen LogP contribution in [0.15, 0.2) is 48.5 Å². The minimum absolute atomic E-state index is 0.130. The number of para-hydroxylation sites is 1. The van der Waals surface area contributed by atoms with Crippen molar-refractivity contribution < 1.29 is 43.8 Å². The summed E-state index contributed by atoms with van der Waals surface area (Å²) in [5, 5.41) is 30.8. The van der Waals surface area contributed by atoms with Crippen molar-refractivity contribution in [2.45, 2.75) is 44.1 Å². The number of methoxy groups -OCH3 is 1. The van der Waals surface area contributed by atoms with Crippen molar-refractivity contribution in [1.82, 2.24) is 0 Å². The van der Waals surface area contributed by atoms with Gasteiger partial charge in [0.1, 0.15) is 42.5 Å². The van der Waals surface area contributed by atoms with Crippen LogP contribution in [0.4, 0.5) is 4.79 Å². The molecule has 1 heterocycles. The van der Waals surface area contributed by atoms with E-state index >= 15 is 0 Å². The molecule has 0 amide bonds. The lowest BCUT2D eigenvalue weighted by atomic mass is 9.99. The molecule has 0 saturated carbocycles. The van der Waals surface area contributed by atoms with E-state index in [9.17, 15) is 20.1 Å². The highest BCUT2D eigenvalue weighted by Gasteiger charge is 2.45. The zero-order chi connectivity index (χ0) is 23.1. The average Bonchev–Trinajstić information content (AvgIpc) is 2.80. The third kappa shape index (κ3) is 5.89. The predicted octanol–water partition coefficient (Wildman–Crippen LogP) is 1.65. The fraction of sp³-hybridized carbons (Fsp3) is 0.435. The van der Waals surface area contributed by atoms with Crippen molar-refractivity contribution in [3.63, 3.8) is 0 Å². The predicted molar refractivity (Wildman–Crippen MR) is 113 cm³/mol. The highest BCUT2D eigenvalue weighted by atomic mass is 16.7. The first-order valence-electron chi connectivity index (χ1n) is 10.3. The summed E-state index contributed by atoms with van der Waals surface area (Å²) in [5.41, 5.74) is 1.84. The molecular weight excluding hydrogens is 420 g/mol. The van der Waals surface area contributed by atoms with E-state index in [2.05, 4.69) is 4.74 Å². The molecule has 3 N–H and O–H groups in total. The second-order valence-corrected chi connectivity index (χ2v) is 7.26. The van der Waals surface area contributed by atoms with Crippen LogP contribution in [-0.2, 0) is 20.6 Å². The Morgan fingerprint density at radius 1 is 0.969 bits per heavy atom. The quantitative estimate of drug-likeness (QED) is 0.517. The Hall–Kier alpha value is -2.85. The molecule has 32 heavy (non-hydrogen) atoms. The Morgan fingerprint density at radius 3 is 2.38 bits per heavy atom. The van der Waals surface area contributed by atoms with Crippen LogP contribution < -0.4 is 9.47 Å². The van der Waals surface area contributed by atoms with Gasteiger partial charge in [-0.25, -0.2) is 4.79 Å². The van der Waals surface area contributed by atoms with Crippen molar-refractivity contribution in [2.24, 2.45) is 0 Å². The molecule has 9 heteroatoms. The Balaban J connectivity index is 1.71. The second-order valence-electron chi connectivity index (χ2n) is 7.26. The second kappa shape index (κ2) is 11.1. The smallest absolute Gasteiger partial charge is 0.497 e. The summed E-state index contributed by atoms with van der Waals surface area (Å²) >= 11 is 0. The monoisotopic (exact) mass is 448 g/mol. The molecule has 0 bridgehead atoms. The number of ether oxygens (including phenoxy) is 5. The number of carbonyl (C=O) groups is 1. The molecule has 9 nitrogen and oxygen atoms in total. The van der Waals surface area contributed by atoms with E-state index < -0.39 is 36.9 Å². The van der Waals surface area contributed by atoms with Gasteiger partial charge < -0.3 is 39.0 Å². The van der Waals surface area contributed by atoms with Gasteiger partial charge in [-0.2, -0.15) is 0 Å². The Labute approximate surface area is 186 Å². The van der Waals surface area contributed by atoms with Crippen molar-refractivity contribution in [2.75, 3.05) is 20.3 Å². The van der Waals surface area contributed by atoms with Crippen LogP contribution in [0, 0.1) is 0 Å². The van der Waals surface area contributed by atoms with Gasteiger partial charge in [0.05, 0.1) is 13.7 Å². The first-order chi connectivity index (χ1) is 15.4. The Kier molecular flexibility index (Phi) is 8.29. The molecule has 5 atom stereocenters. The van der Waals surface area contributed by atoms with Gasteiger partial charge in [-0.1, -0.05) is 30.3 Å². The van der Waals surface area contributed by atoms with Crippen LogP contribution in [0.2, 0.25) is 0 Å². The molecule has 1 saturated heterocycles. The first-order valence-corrected chi connectivity index (χ1v) is 10.3. The summed E-state index contributed by atoms with van der Waals surface area (Å²) in [4.78, 5) is 11.4. The lowest BCUT2D eigenvalue weighted by Crippen LogP contribution is -2.60. The van der Waals surface area contributed by atoms with Crippen molar-refractivity contribution in [1.29, 1.82) is 0 Å². The molecule has 0 aliphatic carbocycles. The third-order valence-corrected chi connectivity index (χ3v) is 5.07. The molecule has 0 spiro atoms. The third-order valence-electron chi connectivity index (χ3n) is 5.07. The average molecular weight is 448 g/mol. The van der Waals surface area contributed by atoms with E-state index in [4.69, 9.17) is 18.9 Å². The van der Waals surface area contributed by atoms with Crippen LogP contribution >= 0.6 is 0 Å². The molecule has 0 aromatic heterocycles. The summed E-state index contributed by atoms with van der Waals surface area (Å²) in [5.74, 6) is 1.20. The fourth-order valence-electron chi connectivity index (χ4n) is 3.31. The number of aliphatic hydroxyl groups is 3. The maximum absolute atomic E-state index is 11.4. The zero-order valence-corrected chi connectivity index (χ0v) is 17.9. The van der Waals surface area contributed by atoms with E-state index in [0.29, 0.717) is 12.2 Å². The number of carbonyl (C=O) groups excluding carboxylic acids is 1.